The average Bonchev–Trinajstić information content (AvgIpc) is 2.21. The predicted octanol–water partition coefficient (Wildman–Crippen LogP) is 1.63. The van der Waals surface area contributed by atoms with Gasteiger partial charge in [0.2, 0.25) is 5.96 Å². The molecule has 0 amide bonds. The summed E-state index contributed by atoms with van der Waals surface area (Å²) in [6.07, 6.45) is 0. The molecule has 1 rings (SSSR count). The van der Waals surface area contributed by atoms with Gasteiger partial charge in [-0.25, -0.2) is 10.8 Å². The topological polar surface area (TPSA) is 85.7 Å². The van der Waals surface area contributed by atoms with Crippen LogP contribution in [0.3, 0.4) is 0 Å². The standard InChI is InChI=1S/C8H10Br2N4O/c1-15-7-3-6(13-8(11)14-12)4(9)2-5(7)10/h2-3H,12H2,1H3,(H3,11,13,14). The van der Waals surface area contributed by atoms with Crippen molar-refractivity contribution in [1.82, 2.24) is 5.43 Å². The molecular weight excluding hydrogens is 328 g/mol. The van der Waals surface area contributed by atoms with E-state index in [9.17, 15) is 0 Å². The largest absolute Gasteiger partial charge is 0.495 e. The normalized spacial score (nSPS) is 11.3. The van der Waals surface area contributed by atoms with Gasteiger partial charge < -0.3 is 10.5 Å². The molecule has 1 aromatic carbocycles. The number of rotatable bonds is 2. The van der Waals surface area contributed by atoms with Crippen LogP contribution in [0.1, 0.15) is 0 Å². The molecule has 0 bridgehead atoms. The Kier molecular flexibility index (Phi) is 4.37. The summed E-state index contributed by atoms with van der Waals surface area (Å²) in [5.41, 5.74) is 8.32. The molecule has 0 saturated heterocycles. The molecule has 0 heterocycles. The zero-order valence-corrected chi connectivity index (χ0v) is 11.1. The van der Waals surface area contributed by atoms with Gasteiger partial charge in [0.25, 0.3) is 0 Å². The summed E-state index contributed by atoms with van der Waals surface area (Å²) in [5, 5.41) is 0. The molecule has 5 nitrogen and oxygen atoms in total. The fourth-order valence-corrected chi connectivity index (χ4v) is 2.17. The van der Waals surface area contributed by atoms with E-state index in [2.05, 4.69) is 42.3 Å². The molecular formula is C8H10Br2N4O. The molecule has 15 heavy (non-hydrogen) atoms. The number of hydrogen-bond donors (Lipinski definition) is 3. The second-order valence-electron chi connectivity index (χ2n) is 2.58. The monoisotopic (exact) mass is 336 g/mol. The second-order valence-corrected chi connectivity index (χ2v) is 4.29. The van der Waals surface area contributed by atoms with E-state index in [1.165, 1.54) is 0 Å². The van der Waals surface area contributed by atoms with Gasteiger partial charge in [0.15, 0.2) is 0 Å². The van der Waals surface area contributed by atoms with Gasteiger partial charge in [0.05, 0.1) is 17.3 Å². The highest BCUT2D eigenvalue weighted by Gasteiger charge is 2.06. The minimum Gasteiger partial charge on any atom is -0.495 e. The van der Waals surface area contributed by atoms with Crippen LogP contribution in [-0.2, 0) is 0 Å². The molecule has 0 unspecified atom stereocenters. The predicted molar refractivity (Wildman–Crippen MR) is 67.0 cm³/mol. The van der Waals surface area contributed by atoms with E-state index in [0.29, 0.717) is 11.4 Å². The minimum atomic E-state index is 0.125. The zero-order valence-electron chi connectivity index (χ0n) is 7.92. The Labute approximate surface area is 104 Å². The van der Waals surface area contributed by atoms with Crippen LogP contribution in [0.4, 0.5) is 5.69 Å². The van der Waals surface area contributed by atoms with Crippen molar-refractivity contribution in [2.24, 2.45) is 16.6 Å². The fourth-order valence-electron chi connectivity index (χ4n) is 0.923. The molecule has 0 atom stereocenters. The van der Waals surface area contributed by atoms with Crippen molar-refractivity contribution in [3.05, 3.63) is 21.1 Å². The van der Waals surface area contributed by atoms with Crippen molar-refractivity contribution in [3.8, 4) is 5.75 Å². The summed E-state index contributed by atoms with van der Waals surface area (Å²) >= 11 is 6.70. The van der Waals surface area contributed by atoms with Gasteiger partial charge in [0.1, 0.15) is 5.75 Å². The zero-order chi connectivity index (χ0) is 11.4. The van der Waals surface area contributed by atoms with E-state index in [1.807, 2.05) is 6.07 Å². The van der Waals surface area contributed by atoms with Gasteiger partial charge in [-0.15, -0.1) is 0 Å². The molecule has 7 heteroatoms. The summed E-state index contributed by atoms with van der Waals surface area (Å²) in [6.45, 7) is 0. The van der Waals surface area contributed by atoms with Crippen molar-refractivity contribution in [2.45, 2.75) is 0 Å². The maximum absolute atomic E-state index is 5.44. The number of hydrazine groups is 1. The van der Waals surface area contributed by atoms with Gasteiger partial charge in [-0.2, -0.15) is 0 Å². The number of ether oxygens (including phenoxy) is 1. The fraction of sp³-hybridized carbons (Fsp3) is 0.125. The summed E-state index contributed by atoms with van der Waals surface area (Å²) in [6, 6.07) is 3.56. The maximum Gasteiger partial charge on any atom is 0.208 e. The number of halogens is 2. The van der Waals surface area contributed by atoms with Crippen LogP contribution in [-0.4, -0.2) is 13.1 Å². The minimum absolute atomic E-state index is 0.125. The Hall–Kier alpha value is -0.790. The third-order valence-corrected chi connectivity index (χ3v) is 2.86. The first kappa shape index (κ1) is 12.3. The van der Waals surface area contributed by atoms with Crippen LogP contribution in [0.15, 0.2) is 26.1 Å². The van der Waals surface area contributed by atoms with E-state index < -0.39 is 0 Å². The Morgan fingerprint density at radius 1 is 1.40 bits per heavy atom. The number of guanidine groups is 1. The molecule has 0 aliphatic carbocycles. The maximum atomic E-state index is 5.44. The van der Waals surface area contributed by atoms with E-state index in [1.54, 1.807) is 13.2 Å². The lowest BCUT2D eigenvalue weighted by molar-refractivity contribution is 0.412. The molecule has 0 aromatic heterocycles. The van der Waals surface area contributed by atoms with Crippen molar-refractivity contribution in [2.75, 3.05) is 7.11 Å². The number of nitrogens with one attached hydrogen (secondary N) is 1. The first-order valence-electron chi connectivity index (χ1n) is 3.92. The van der Waals surface area contributed by atoms with Crippen molar-refractivity contribution in [1.29, 1.82) is 0 Å². The molecule has 82 valence electrons. The van der Waals surface area contributed by atoms with Crippen LogP contribution in [0.25, 0.3) is 0 Å². The molecule has 0 spiro atoms. The van der Waals surface area contributed by atoms with Crippen molar-refractivity contribution in [3.63, 3.8) is 0 Å². The Morgan fingerprint density at radius 2 is 2.07 bits per heavy atom. The quantitative estimate of drug-likeness (QED) is 0.331. The number of aliphatic imine (C=N–C) groups is 1. The molecule has 0 radical (unpaired) electrons. The summed E-state index contributed by atoms with van der Waals surface area (Å²) < 4.78 is 6.74. The van der Waals surface area contributed by atoms with Crippen LogP contribution >= 0.6 is 31.9 Å². The smallest absolute Gasteiger partial charge is 0.208 e. The highest BCUT2D eigenvalue weighted by Crippen LogP contribution is 2.35. The van der Waals surface area contributed by atoms with E-state index in [4.69, 9.17) is 16.3 Å². The van der Waals surface area contributed by atoms with Gasteiger partial charge in [-0.05, 0) is 37.9 Å². The number of benzene rings is 1. The lowest BCUT2D eigenvalue weighted by Crippen LogP contribution is -2.36. The van der Waals surface area contributed by atoms with Gasteiger partial charge >= 0.3 is 0 Å². The van der Waals surface area contributed by atoms with Crippen molar-refractivity contribution >= 4 is 43.5 Å². The molecule has 0 fully saturated rings. The van der Waals surface area contributed by atoms with Crippen molar-refractivity contribution < 1.29 is 4.74 Å². The lowest BCUT2D eigenvalue weighted by atomic mass is 10.3. The summed E-state index contributed by atoms with van der Waals surface area (Å²) in [4.78, 5) is 4.04. The molecule has 0 saturated carbocycles. The van der Waals surface area contributed by atoms with Crippen LogP contribution in [0.2, 0.25) is 0 Å². The van der Waals surface area contributed by atoms with E-state index in [-0.39, 0.29) is 5.96 Å². The van der Waals surface area contributed by atoms with Crippen LogP contribution in [0, 0.1) is 0 Å². The first-order valence-corrected chi connectivity index (χ1v) is 5.51. The van der Waals surface area contributed by atoms with Gasteiger partial charge in [0, 0.05) is 10.5 Å². The SMILES string of the molecule is COc1cc(N=C(N)NN)c(Br)cc1Br. The third-order valence-electron chi connectivity index (χ3n) is 1.61. The molecule has 0 aliphatic heterocycles. The van der Waals surface area contributed by atoms with E-state index in [0.717, 1.165) is 8.95 Å². The number of methoxy groups -OCH3 is 1. The van der Waals surface area contributed by atoms with Gasteiger partial charge in [-0.1, -0.05) is 0 Å². The van der Waals surface area contributed by atoms with Crippen LogP contribution in [0.5, 0.6) is 5.75 Å². The van der Waals surface area contributed by atoms with Crippen LogP contribution < -0.4 is 21.7 Å². The summed E-state index contributed by atoms with van der Waals surface area (Å²) in [7, 11) is 1.58. The average molecular weight is 338 g/mol. The molecule has 1 aromatic rings. The Bertz CT molecular complexity index is 394. The second kappa shape index (κ2) is 5.34. The third kappa shape index (κ3) is 3.08. The summed E-state index contributed by atoms with van der Waals surface area (Å²) in [5.74, 6) is 5.90. The highest BCUT2D eigenvalue weighted by molar-refractivity contribution is 9.11. The Morgan fingerprint density at radius 3 is 2.60 bits per heavy atom. The number of hydrogen-bond acceptors (Lipinski definition) is 3. The van der Waals surface area contributed by atoms with Gasteiger partial charge in [-0.3, -0.25) is 5.43 Å². The highest BCUT2D eigenvalue weighted by atomic mass is 79.9. The number of nitrogens with two attached hydrogens (primary N) is 2. The number of nitrogens with zero attached hydrogens (tertiary/aromatic N) is 1. The Balaban J connectivity index is 3.19. The molecule has 0 aliphatic rings. The lowest BCUT2D eigenvalue weighted by Gasteiger charge is -2.06. The van der Waals surface area contributed by atoms with E-state index >= 15 is 0 Å². The molecule has 5 N–H and O–H groups in total. The first-order chi connectivity index (χ1) is 7.08.